The minimum Gasteiger partial charge on any atom is -0.481 e. The molecule has 2 bridgehead atoms. The maximum atomic E-state index is 13.1. The van der Waals surface area contributed by atoms with E-state index in [2.05, 4.69) is 4.90 Å². The highest BCUT2D eigenvalue weighted by molar-refractivity contribution is 5.87. The molecule has 3 N–H and O–H groups in total. The standard InChI is InChI=1S/C28H33NO11/c1-13(24(32)33)21(38-15(3)31)26(35)37-14(2)25(34)39-18-7-8-28(36)19-11-16-5-6-17(12-30)22-20(16)27(28,23(18)40-22)9-10-29(19)4/h5-7,13-14,19,21,23,30,36H,8-12H2,1-4H3,(H,32,33)/t13-,14+,19-,21-,23+,27+,28-/m1/s1. The fraction of sp³-hybridized carbons (Fsp3) is 0.571. The van der Waals surface area contributed by atoms with E-state index in [9.17, 15) is 34.5 Å². The third-order valence-corrected chi connectivity index (χ3v) is 8.84. The summed E-state index contributed by atoms with van der Waals surface area (Å²) in [5.41, 5.74) is 0.285. The number of carbonyl (C=O) groups is 4. The van der Waals surface area contributed by atoms with E-state index in [0.29, 0.717) is 30.7 Å². The Kier molecular flexibility index (Phi) is 6.92. The van der Waals surface area contributed by atoms with Gasteiger partial charge < -0.3 is 39.2 Å². The minimum atomic E-state index is -1.76. The predicted octanol–water partition coefficient (Wildman–Crippen LogP) is 0.584. The molecule has 0 radical (unpaired) electrons. The molecule has 0 amide bonds. The van der Waals surface area contributed by atoms with Crippen LogP contribution >= 0.6 is 0 Å². The van der Waals surface area contributed by atoms with E-state index in [1.54, 1.807) is 12.1 Å². The van der Waals surface area contributed by atoms with Crippen molar-refractivity contribution in [2.45, 2.75) is 82.0 Å². The van der Waals surface area contributed by atoms with E-state index >= 15 is 0 Å². The fourth-order valence-corrected chi connectivity index (χ4v) is 6.78. The third kappa shape index (κ3) is 4.00. The molecular formula is C28H33NO11. The van der Waals surface area contributed by atoms with Gasteiger partial charge in [0.25, 0.3) is 0 Å². The van der Waals surface area contributed by atoms with Crippen LogP contribution in [-0.2, 0) is 51.8 Å². The molecule has 5 rings (SSSR count). The molecule has 1 aromatic carbocycles. The fourth-order valence-electron chi connectivity index (χ4n) is 6.78. The number of hydrogen-bond acceptors (Lipinski definition) is 11. The largest absolute Gasteiger partial charge is 0.481 e. The second kappa shape index (κ2) is 9.86. The van der Waals surface area contributed by atoms with Crippen molar-refractivity contribution in [2.75, 3.05) is 13.6 Å². The molecule has 12 heteroatoms. The number of esters is 3. The number of rotatable bonds is 8. The van der Waals surface area contributed by atoms with Crippen LogP contribution in [0.4, 0.5) is 0 Å². The molecule has 1 fully saturated rings. The van der Waals surface area contributed by atoms with Gasteiger partial charge in [-0.25, -0.2) is 9.59 Å². The van der Waals surface area contributed by atoms with Gasteiger partial charge in [0.15, 0.2) is 12.2 Å². The lowest BCUT2D eigenvalue weighted by molar-refractivity contribution is -0.184. The zero-order valence-corrected chi connectivity index (χ0v) is 22.7. The first-order valence-electron chi connectivity index (χ1n) is 13.2. The summed E-state index contributed by atoms with van der Waals surface area (Å²) >= 11 is 0. The summed E-state index contributed by atoms with van der Waals surface area (Å²) in [4.78, 5) is 50.7. The number of aliphatic carboxylic acids is 1. The van der Waals surface area contributed by atoms with Crippen molar-refractivity contribution in [3.05, 3.63) is 40.7 Å². The number of hydrogen-bond donors (Lipinski definition) is 3. The first kappa shape index (κ1) is 28.1. The summed E-state index contributed by atoms with van der Waals surface area (Å²) < 4.78 is 22.1. The second-order valence-electron chi connectivity index (χ2n) is 11.1. The van der Waals surface area contributed by atoms with Crippen molar-refractivity contribution in [2.24, 2.45) is 5.92 Å². The summed E-state index contributed by atoms with van der Waals surface area (Å²) in [5, 5.41) is 31.5. The Hall–Kier alpha value is -3.48. The van der Waals surface area contributed by atoms with Gasteiger partial charge in [-0.1, -0.05) is 12.1 Å². The number of carboxylic acid groups (broad SMARTS) is 1. The Morgan fingerprint density at radius 3 is 2.55 bits per heavy atom. The molecule has 0 aromatic heterocycles. The first-order chi connectivity index (χ1) is 18.9. The lowest BCUT2D eigenvalue weighted by Crippen LogP contribution is -2.74. The van der Waals surface area contributed by atoms with E-state index in [-0.39, 0.29) is 24.8 Å². The summed E-state index contributed by atoms with van der Waals surface area (Å²) in [6, 6.07) is 3.55. The van der Waals surface area contributed by atoms with Crippen molar-refractivity contribution < 1.29 is 53.4 Å². The topological polar surface area (TPSA) is 169 Å². The van der Waals surface area contributed by atoms with Crippen molar-refractivity contribution in [1.29, 1.82) is 0 Å². The Labute approximate surface area is 230 Å². The smallest absolute Gasteiger partial charge is 0.352 e. The molecular weight excluding hydrogens is 526 g/mol. The van der Waals surface area contributed by atoms with E-state index in [0.717, 1.165) is 18.1 Å². The number of carbonyl (C=O) groups excluding carboxylic acids is 3. The van der Waals surface area contributed by atoms with Crippen LogP contribution in [0.1, 0.15) is 50.3 Å². The number of carboxylic acids is 1. The highest BCUT2D eigenvalue weighted by atomic mass is 16.6. The molecule has 12 nitrogen and oxygen atoms in total. The number of ether oxygens (including phenoxy) is 4. The zero-order chi connectivity index (χ0) is 29.1. The summed E-state index contributed by atoms with van der Waals surface area (Å²) in [6.07, 6.45) is -1.17. The number of nitrogens with zero attached hydrogens (tertiary/aromatic N) is 1. The van der Waals surface area contributed by atoms with Gasteiger partial charge in [0.05, 0.1) is 17.6 Å². The average Bonchev–Trinajstić information content (AvgIpc) is 3.26. The van der Waals surface area contributed by atoms with Crippen LogP contribution in [0.15, 0.2) is 24.0 Å². The van der Waals surface area contributed by atoms with E-state index in [4.69, 9.17) is 18.9 Å². The van der Waals surface area contributed by atoms with Crippen LogP contribution in [-0.4, -0.2) is 87.6 Å². The second-order valence-corrected chi connectivity index (χ2v) is 11.1. The SMILES string of the molecule is CC(=O)O[C@@H](C(=O)O[C@@H](C)C(=O)OC1=CC[C@@]2(O)[C@H]3Cc4ccc(CO)c5c4[C@@]2(CCN3C)[C@H]1O5)[C@@H](C)C(=O)O. The van der Waals surface area contributed by atoms with Crippen LogP contribution in [0.3, 0.4) is 0 Å². The van der Waals surface area contributed by atoms with Gasteiger partial charge in [0.1, 0.15) is 17.4 Å². The Balaban J connectivity index is 1.42. The van der Waals surface area contributed by atoms with Gasteiger partial charge in [-0.15, -0.1) is 0 Å². The number of likely N-dealkylation sites (N-methyl/N-ethyl adjacent to an activating group) is 1. The number of piperidine rings is 1. The van der Waals surface area contributed by atoms with Crippen LogP contribution < -0.4 is 4.74 Å². The molecule has 2 aliphatic heterocycles. The zero-order valence-electron chi connectivity index (χ0n) is 22.7. The number of aliphatic hydroxyl groups is 2. The number of likely N-dealkylation sites (tertiary alicyclic amines) is 1. The molecule has 0 saturated carbocycles. The summed E-state index contributed by atoms with van der Waals surface area (Å²) in [5.74, 6) is -5.19. The van der Waals surface area contributed by atoms with Gasteiger partial charge in [-0.2, -0.15) is 0 Å². The Morgan fingerprint density at radius 1 is 1.18 bits per heavy atom. The molecule has 4 aliphatic rings. The summed E-state index contributed by atoms with van der Waals surface area (Å²) in [7, 11) is 1.97. The Bertz CT molecular complexity index is 1310. The lowest BCUT2D eigenvalue weighted by Gasteiger charge is -2.61. The van der Waals surface area contributed by atoms with Gasteiger partial charge in [-0.3, -0.25) is 9.59 Å². The Morgan fingerprint density at radius 2 is 1.90 bits per heavy atom. The average molecular weight is 560 g/mol. The number of aliphatic hydroxyl groups excluding tert-OH is 1. The highest BCUT2D eigenvalue weighted by Gasteiger charge is 2.72. The number of benzene rings is 1. The quantitative estimate of drug-likeness (QED) is 0.300. The molecule has 40 heavy (non-hydrogen) atoms. The lowest BCUT2D eigenvalue weighted by atomic mass is 9.50. The van der Waals surface area contributed by atoms with Crippen LogP contribution in [0.5, 0.6) is 5.75 Å². The van der Waals surface area contributed by atoms with Crippen LogP contribution in [0.2, 0.25) is 0 Å². The molecule has 7 atom stereocenters. The predicted molar refractivity (Wildman–Crippen MR) is 135 cm³/mol. The van der Waals surface area contributed by atoms with Crippen LogP contribution in [0.25, 0.3) is 0 Å². The van der Waals surface area contributed by atoms with Crippen LogP contribution in [0, 0.1) is 5.92 Å². The van der Waals surface area contributed by atoms with Gasteiger partial charge in [-0.05, 0) is 51.9 Å². The highest BCUT2D eigenvalue weighted by Crippen LogP contribution is 2.64. The van der Waals surface area contributed by atoms with Gasteiger partial charge in [0.2, 0.25) is 6.10 Å². The van der Waals surface area contributed by atoms with Crippen molar-refractivity contribution in [3.63, 3.8) is 0 Å². The minimum absolute atomic E-state index is 0.157. The third-order valence-electron chi connectivity index (χ3n) is 8.84. The molecule has 0 unspecified atom stereocenters. The normalized spacial score (nSPS) is 30.1. The van der Waals surface area contributed by atoms with Crippen molar-refractivity contribution >= 4 is 23.9 Å². The van der Waals surface area contributed by atoms with E-state index in [1.807, 2.05) is 13.1 Å². The molecule has 2 aliphatic carbocycles. The van der Waals surface area contributed by atoms with E-state index in [1.165, 1.54) is 13.8 Å². The van der Waals surface area contributed by atoms with E-state index < -0.39 is 59.1 Å². The molecule has 1 spiro atoms. The molecule has 1 aromatic rings. The first-order valence-corrected chi connectivity index (χ1v) is 13.2. The molecule has 2 heterocycles. The van der Waals surface area contributed by atoms with Gasteiger partial charge >= 0.3 is 23.9 Å². The maximum absolute atomic E-state index is 13.1. The monoisotopic (exact) mass is 559 g/mol. The van der Waals surface area contributed by atoms with Crippen molar-refractivity contribution in [1.82, 2.24) is 4.90 Å². The van der Waals surface area contributed by atoms with Crippen molar-refractivity contribution in [3.8, 4) is 5.75 Å². The van der Waals surface area contributed by atoms with Gasteiger partial charge in [0, 0.05) is 30.5 Å². The maximum Gasteiger partial charge on any atom is 0.352 e. The molecule has 1 saturated heterocycles. The molecule has 216 valence electrons. The summed E-state index contributed by atoms with van der Waals surface area (Å²) in [6.45, 7) is 3.86.